The summed E-state index contributed by atoms with van der Waals surface area (Å²) in [7, 11) is 3.11. The Morgan fingerprint density at radius 2 is 2.27 bits per heavy atom. The fourth-order valence-corrected chi connectivity index (χ4v) is 1.67. The molecule has 1 amide bonds. The molecular formula is C10H17NO4. The van der Waals surface area contributed by atoms with Crippen molar-refractivity contribution in [2.45, 2.75) is 18.2 Å². The van der Waals surface area contributed by atoms with Gasteiger partial charge in [-0.05, 0) is 6.08 Å². The zero-order valence-electron chi connectivity index (χ0n) is 9.12. The second-order valence-corrected chi connectivity index (χ2v) is 3.31. The van der Waals surface area contributed by atoms with Crippen LogP contribution in [0.3, 0.4) is 0 Å². The first kappa shape index (κ1) is 12.2. The second kappa shape index (κ2) is 5.25. The Kier molecular flexibility index (Phi) is 4.26. The third kappa shape index (κ3) is 2.56. The largest absolute Gasteiger partial charge is 0.379 e. The average molecular weight is 215 g/mol. The fraction of sp³-hybridized carbons (Fsp3) is 0.700. The summed E-state index contributed by atoms with van der Waals surface area (Å²) in [5.41, 5.74) is 0. The number of ether oxygens (including phenoxy) is 3. The Hall–Kier alpha value is -0.910. The number of carbonyl (C=O) groups is 1. The van der Waals surface area contributed by atoms with Crippen molar-refractivity contribution >= 4 is 5.91 Å². The van der Waals surface area contributed by atoms with Gasteiger partial charge < -0.3 is 19.5 Å². The number of carbonyl (C=O) groups excluding carboxylic acids is 1. The van der Waals surface area contributed by atoms with E-state index in [-0.39, 0.29) is 11.9 Å². The molecule has 0 aliphatic carbocycles. The lowest BCUT2D eigenvalue weighted by Crippen LogP contribution is -2.60. The molecule has 1 atom stereocenters. The van der Waals surface area contributed by atoms with Crippen molar-refractivity contribution in [1.82, 2.24) is 5.32 Å². The van der Waals surface area contributed by atoms with Crippen molar-refractivity contribution in [3.8, 4) is 0 Å². The SMILES string of the molecule is C=CC(=O)NC1COCCC1(OC)OC. The lowest BCUT2D eigenvalue weighted by atomic mass is 10.0. The molecule has 1 aliphatic heterocycles. The summed E-state index contributed by atoms with van der Waals surface area (Å²) >= 11 is 0. The molecule has 0 bridgehead atoms. The predicted octanol–water partition coefficient (Wildman–Crippen LogP) is 0.0666. The number of hydrogen-bond acceptors (Lipinski definition) is 4. The fourth-order valence-electron chi connectivity index (χ4n) is 1.67. The summed E-state index contributed by atoms with van der Waals surface area (Å²) in [5, 5.41) is 2.73. The van der Waals surface area contributed by atoms with Crippen LogP contribution in [0.2, 0.25) is 0 Å². The van der Waals surface area contributed by atoms with E-state index in [4.69, 9.17) is 14.2 Å². The van der Waals surface area contributed by atoms with E-state index in [1.165, 1.54) is 6.08 Å². The molecule has 86 valence electrons. The van der Waals surface area contributed by atoms with Crippen LogP contribution >= 0.6 is 0 Å². The number of methoxy groups -OCH3 is 2. The van der Waals surface area contributed by atoms with Gasteiger partial charge in [-0.2, -0.15) is 0 Å². The first-order chi connectivity index (χ1) is 7.18. The molecule has 1 aliphatic rings. The Morgan fingerprint density at radius 3 is 2.80 bits per heavy atom. The Bertz CT molecular complexity index is 238. The van der Waals surface area contributed by atoms with Gasteiger partial charge in [0, 0.05) is 20.6 Å². The maximum absolute atomic E-state index is 11.2. The van der Waals surface area contributed by atoms with E-state index in [0.29, 0.717) is 19.6 Å². The molecule has 0 spiro atoms. The summed E-state index contributed by atoms with van der Waals surface area (Å²) in [5.74, 6) is -1.05. The molecule has 1 fully saturated rings. The summed E-state index contributed by atoms with van der Waals surface area (Å²) in [6.45, 7) is 4.32. The predicted molar refractivity (Wildman–Crippen MR) is 54.3 cm³/mol. The Morgan fingerprint density at radius 1 is 1.60 bits per heavy atom. The van der Waals surface area contributed by atoms with Gasteiger partial charge in [0.15, 0.2) is 5.79 Å². The third-order valence-corrected chi connectivity index (χ3v) is 2.60. The van der Waals surface area contributed by atoms with Gasteiger partial charge in [0.05, 0.1) is 13.2 Å². The van der Waals surface area contributed by atoms with Crippen molar-refractivity contribution in [3.63, 3.8) is 0 Å². The van der Waals surface area contributed by atoms with Crippen molar-refractivity contribution in [1.29, 1.82) is 0 Å². The van der Waals surface area contributed by atoms with E-state index in [9.17, 15) is 4.79 Å². The summed E-state index contributed by atoms with van der Waals surface area (Å²) in [4.78, 5) is 11.2. The van der Waals surface area contributed by atoms with Gasteiger partial charge >= 0.3 is 0 Å². The van der Waals surface area contributed by atoms with Crippen LogP contribution in [0.25, 0.3) is 0 Å². The van der Waals surface area contributed by atoms with E-state index in [2.05, 4.69) is 11.9 Å². The molecule has 1 heterocycles. The van der Waals surface area contributed by atoms with E-state index < -0.39 is 5.79 Å². The molecule has 1 rings (SSSR count). The number of amides is 1. The van der Waals surface area contributed by atoms with E-state index >= 15 is 0 Å². The van der Waals surface area contributed by atoms with E-state index in [0.717, 1.165) is 0 Å². The smallest absolute Gasteiger partial charge is 0.243 e. The van der Waals surface area contributed by atoms with Gasteiger partial charge in [0.1, 0.15) is 6.04 Å². The van der Waals surface area contributed by atoms with Gasteiger partial charge in [0.25, 0.3) is 0 Å². The van der Waals surface area contributed by atoms with Crippen molar-refractivity contribution < 1.29 is 19.0 Å². The zero-order chi connectivity index (χ0) is 11.3. The summed E-state index contributed by atoms with van der Waals surface area (Å²) < 4.78 is 15.9. The molecule has 1 N–H and O–H groups in total. The van der Waals surface area contributed by atoms with Crippen molar-refractivity contribution in [3.05, 3.63) is 12.7 Å². The van der Waals surface area contributed by atoms with Crippen molar-refractivity contribution in [2.75, 3.05) is 27.4 Å². The lowest BCUT2D eigenvalue weighted by molar-refractivity contribution is -0.257. The molecule has 0 radical (unpaired) electrons. The van der Waals surface area contributed by atoms with Crippen LogP contribution in [0.4, 0.5) is 0 Å². The second-order valence-electron chi connectivity index (χ2n) is 3.31. The van der Waals surface area contributed by atoms with Crippen molar-refractivity contribution in [2.24, 2.45) is 0 Å². The van der Waals surface area contributed by atoms with Gasteiger partial charge in [-0.15, -0.1) is 0 Å². The monoisotopic (exact) mass is 215 g/mol. The topological polar surface area (TPSA) is 56.8 Å². The molecule has 1 unspecified atom stereocenters. The average Bonchev–Trinajstić information content (AvgIpc) is 2.30. The van der Waals surface area contributed by atoms with Crippen LogP contribution in [0.1, 0.15) is 6.42 Å². The highest BCUT2D eigenvalue weighted by Gasteiger charge is 2.42. The highest BCUT2D eigenvalue weighted by Crippen LogP contribution is 2.25. The van der Waals surface area contributed by atoms with Gasteiger partial charge in [-0.1, -0.05) is 6.58 Å². The molecule has 5 nitrogen and oxygen atoms in total. The van der Waals surface area contributed by atoms with Crippen LogP contribution in [0.5, 0.6) is 0 Å². The highest BCUT2D eigenvalue weighted by molar-refractivity contribution is 5.87. The maximum atomic E-state index is 11.2. The molecular weight excluding hydrogens is 198 g/mol. The maximum Gasteiger partial charge on any atom is 0.243 e. The first-order valence-corrected chi connectivity index (χ1v) is 4.79. The Balaban J connectivity index is 2.72. The molecule has 0 saturated carbocycles. The van der Waals surface area contributed by atoms with Crippen LogP contribution in [0.15, 0.2) is 12.7 Å². The third-order valence-electron chi connectivity index (χ3n) is 2.60. The van der Waals surface area contributed by atoms with Crippen LogP contribution in [-0.2, 0) is 19.0 Å². The molecule has 15 heavy (non-hydrogen) atoms. The van der Waals surface area contributed by atoms with Crippen LogP contribution in [0, 0.1) is 0 Å². The van der Waals surface area contributed by atoms with E-state index in [1.807, 2.05) is 0 Å². The van der Waals surface area contributed by atoms with Gasteiger partial charge in [0.2, 0.25) is 5.91 Å². The van der Waals surface area contributed by atoms with E-state index in [1.54, 1.807) is 14.2 Å². The standard InChI is InChI=1S/C10H17NO4/c1-4-9(12)11-8-7-15-6-5-10(8,13-2)14-3/h4,8H,1,5-7H2,2-3H3,(H,11,12). The van der Waals surface area contributed by atoms with Gasteiger partial charge in [-0.25, -0.2) is 0 Å². The molecule has 0 aromatic rings. The summed E-state index contributed by atoms with van der Waals surface area (Å²) in [6, 6.07) is -0.313. The minimum absolute atomic E-state index is 0.260. The normalized spacial score (nSPS) is 24.5. The molecule has 1 saturated heterocycles. The quantitative estimate of drug-likeness (QED) is 0.532. The first-order valence-electron chi connectivity index (χ1n) is 4.79. The van der Waals surface area contributed by atoms with Gasteiger partial charge in [-0.3, -0.25) is 4.79 Å². The molecule has 0 aromatic heterocycles. The Labute approximate surface area is 89.4 Å². The van der Waals surface area contributed by atoms with Crippen LogP contribution in [-0.4, -0.2) is 45.2 Å². The highest BCUT2D eigenvalue weighted by atomic mass is 16.7. The summed E-state index contributed by atoms with van der Waals surface area (Å²) in [6.07, 6.45) is 1.80. The van der Waals surface area contributed by atoms with Crippen LogP contribution < -0.4 is 5.32 Å². The minimum atomic E-state index is -0.795. The lowest BCUT2D eigenvalue weighted by Gasteiger charge is -2.41. The minimum Gasteiger partial charge on any atom is -0.379 e. The molecule has 5 heteroatoms. The number of hydrogen-bond donors (Lipinski definition) is 1. The zero-order valence-corrected chi connectivity index (χ0v) is 9.12. The number of rotatable bonds is 4. The number of nitrogens with one attached hydrogen (secondary N) is 1. The molecule has 0 aromatic carbocycles.